The van der Waals surface area contributed by atoms with Crippen LogP contribution in [0.3, 0.4) is 0 Å². The summed E-state index contributed by atoms with van der Waals surface area (Å²) >= 11 is 0. The quantitative estimate of drug-likeness (QED) is 0.676. The van der Waals surface area contributed by atoms with Gasteiger partial charge in [-0.2, -0.15) is 0 Å². The Morgan fingerprint density at radius 1 is 1.09 bits per heavy atom. The predicted molar refractivity (Wildman–Crippen MR) is 82.0 cm³/mol. The molecular formula is C17H15NO4. The maximum absolute atomic E-state index is 11.0. The number of aliphatic hydroxyl groups excluding tert-OH is 1. The van der Waals surface area contributed by atoms with E-state index in [2.05, 4.69) is 4.98 Å². The van der Waals surface area contributed by atoms with Crippen LogP contribution < -0.4 is 4.74 Å². The highest BCUT2D eigenvalue weighted by Gasteiger charge is 2.08. The first-order valence-corrected chi connectivity index (χ1v) is 6.84. The number of aromatic amines is 1. The van der Waals surface area contributed by atoms with E-state index in [0.29, 0.717) is 12.4 Å². The summed E-state index contributed by atoms with van der Waals surface area (Å²) in [5, 5.41) is 19.1. The number of fused-ring (bicyclic) bond motifs is 1. The van der Waals surface area contributed by atoms with Gasteiger partial charge in [0.1, 0.15) is 18.1 Å². The number of aromatic carboxylic acids is 1. The van der Waals surface area contributed by atoms with E-state index in [1.165, 1.54) is 0 Å². The highest BCUT2D eigenvalue weighted by atomic mass is 16.5. The zero-order valence-corrected chi connectivity index (χ0v) is 11.7. The smallest absolute Gasteiger partial charge is 0.352 e. The van der Waals surface area contributed by atoms with Crippen molar-refractivity contribution in [3.05, 3.63) is 65.4 Å². The average Bonchev–Trinajstić information content (AvgIpc) is 2.96. The van der Waals surface area contributed by atoms with Gasteiger partial charge in [-0.25, -0.2) is 4.79 Å². The minimum absolute atomic E-state index is 0.0294. The fraction of sp³-hybridized carbons (Fsp3) is 0.118. The summed E-state index contributed by atoms with van der Waals surface area (Å²) in [5.74, 6) is -0.341. The number of hydrogen-bond acceptors (Lipinski definition) is 3. The van der Waals surface area contributed by atoms with Gasteiger partial charge in [-0.3, -0.25) is 0 Å². The lowest BCUT2D eigenvalue weighted by Gasteiger charge is -2.09. The number of nitrogens with one attached hydrogen (secondary N) is 1. The summed E-state index contributed by atoms with van der Waals surface area (Å²) in [6.07, 6.45) is 0. The molecule has 1 aromatic heterocycles. The number of benzene rings is 2. The molecule has 0 atom stereocenters. The van der Waals surface area contributed by atoms with E-state index in [4.69, 9.17) is 9.84 Å². The zero-order valence-electron chi connectivity index (χ0n) is 11.7. The fourth-order valence-corrected chi connectivity index (χ4v) is 2.33. The van der Waals surface area contributed by atoms with Crippen LogP contribution in [0.25, 0.3) is 10.9 Å². The van der Waals surface area contributed by atoms with Crippen LogP contribution in [0.4, 0.5) is 0 Å². The van der Waals surface area contributed by atoms with Crippen LogP contribution in [0.5, 0.6) is 5.75 Å². The Bertz CT molecular complexity index is 822. The summed E-state index contributed by atoms with van der Waals surface area (Å²) in [6, 6.07) is 14.5. The maximum atomic E-state index is 11.0. The Balaban J connectivity index is 1.80. The van der Waals surface area contributed by atoms with Crippen molar-refractivity contribution >= 4 is 16.9 Å². The zero-order chi connectivity index (χ0) is 15.5. The highest BCUT2D eigenvalue weighted by molar-refractivity contribution is 5.94. The lowest BCUT2D eigenvalue weighted by molar-refractivity contribution is 0.0691. The first-order chi connectivity index (χ1) is 10.7. The van der Waals surface area contributed by atoms with E-state index in [-0.39, 0.29) is 12.3 Å². The molecule has 0 fully saturated rings. The molecule has 0 saturated carbocycles. The maximum Gasteiger partial charge on any atom is 0.352 e. The number of ether oxygens (including phenoxy) is 1. The Hall–Kier alpha value is -2.79. The second-order valence-corrected chi connectivity index (χ2v) is 4.95. The van der Waals surface area contributed by atoms with Crippen LogP contribution >= 0.6 is 0 Å². The first-order valence-electron chi connectivity index (χ1n) is 6.84. The number of hydrogen-bond donors (Lipinski definition) is 3. The van der Waals surface area contributed by atoms with Gasteiger partial charge in [0.25, 0.3) is 0 Å². The van der Waals surface area contributed by atoms with E-state index in [0.717, 1.165) is 22.0 Å². The third kappa shape index (κ3) is 2.80. The normalized spacial score (nSPS) is 10.8. The van der Waals surface area contributed by atoms with Crippen molar-refractivity contribution in [3.63, 3.8) is 0 Å². The minimum atomic E-state index is -0.990. The highest BCUT2D eigenvalue weighted by Crippen LogP contribution is 2.23. The topological polar surface area (TPSA) is 82.6 Å². The van der Waals surface area contributed by atoms with Crippen LogP contribution in [0, 0.1) is 0 Å². The molecule has 0 aliphatic rings. The van der Waals surface area contributed by atoms with Gasteiger partial charge in [-0.05, 0) is 35.4 Å². The van der Waals surface area contributed by atoms with Gasteiger partial charge < -0.3 is 19.9 Å². The van der Waals surface area contributed by atoms with Gasteiger partial charge in [0.15, 0.2) is 0 Å². The molecule has 2 aromatic carbocycles. The monoisotopic (exact) mass is 297 g/mol. The molecule has 0 saturated heterocycles. The number of H-pyrrole nitrogens is 1. The molecular weight excluding hydrogens is 282 g/mol. The Morgan fingerprint density at radius 2 is 1.86 bits per heavy atom. The molecule has 0 bridgehead atoms. The van der Waals surface area contributed by atoms with Crippen molar-refractivity contribution in [2.24, 2.45) is 0 Å². The molecule has 5 heteroatoms. The van der Waals surface area contributed by atoms with Gasteiger partial charge in [0, 0.05) is 10.9 Å². The number of carboxylic acid groups (broad SMARTS) is 1. The summed E-state index contributed by atoms with van der Waals surface area (Å²) < 4.78 is 5.74. The van der Waals surface area contributed by atoms with Crippen molar-refractivity contribution in [2.45, 2.75) is 13.2 Å². The predicted octanol–water partition coefficient (Wildman–Crippen LogP) is 2.94. The first kappa shape index (κ1) is 14.2. The molecule has 0 aliphatic heterocycles. The molecule has 1 heterocycles. The Kier molecular flexibility index (Phi) is 3.80. The third-order valence-corrected chi connectivity index (χ3v) is 3.51. The van der Waals surface area contributed by atoms with Crippen LogP contribution in [-0.4, -0.2) is 21.2 Å². The van der Waals surface area contributed by atoms with E-state index in [9.17, 15) is 9.90 Å². The number of aromatic nitrogens is 1. The van der Waals surface area contributed by atoms with E-state index in [1.54, 1.807) is 24.3 Å². The Morgan fingerprint density at radius 3 is 2.59 bits per heavy atom. The van der Waals surface area contributed by atoms with Gasteiger partial charge in [0.2, 0.25) is 0 Å². The molecule has 5 nitrogen and oxygen atoms in total. The summed E-state index contributed by atoms with van der Waals surface area (Å²) in [6.45, 7) is 0.316. The standard InChI is InChI=1S/C17H15NO4/c19-9-11-3-1-2-4-12(11)10-22-14-5-6-15-13(7-14)8-16(18-15)17(20)21/h1-8,18-19H,9-10H2,(H,20,21). The summed E-state index contributed by atoms with van der Waals surface area (Å²) in [4.78, 5) is 13.8. The van der Waals surface area contributed by atoms with Crippen molar-refractivity contribution < 1.29 is 19.7 Å². The molecule has 0 spiro atoms. The number of carbonyl (C=O) groups is 1. The number of carboxylic acids is 1. The van der Waals surface area contributed by atoms with Crippen LogP contribution in [0.15, 0.2) is 48.5 Å². The van der Waals surface area contributed by atoms with Gasteiger partial charge >= 0.3 is 5.97 Å². The van der Waals surface area contributed by atoms with Gasteiger partial charge in [-0.15, -0.1) is 0 Å². The van der Waals surface area contributed by atoms with Crippen molar-refractivity contribution in [1.29, 1.82) is 0 Å². The SMILES string of the molecule is O=C(O)c1cc2cc(OCc3ccccc3CO)ccc2[nH]1. The average molecular weight is 297 g/mol. The molecule has 0 aliphatic carbocycles. The van der Waals surface area contributed by atoms with Gasteiger partial charge in [-0.1, -0.05) is 24.3 Å². The van der Waals surface area contributed by atoms with E-state index >= 15 is 0 Å². The van der Waals surface area contributed by atoms with Gasteiger partial charge in [0.05, 0.1) is 6.61 Å². The molecule has 0 radical (unpaired) electrons. The summed E-state index contributed by atoms with van der Waals surface area (Å²) in [5.41, 5.74) is 2.65. The lowest BCUT2D eigenvalue weighted by Crippen LogP contribution is -1.99. The van der Waals surface area contributed by atoms with Crippen molar-refractivity contribution in [1.82, 2.24) is 4.98 Å². The Labute approximate surface area is 126 Å². The molecule has 0 amide bonds. The second-order valence-electron chi connectivity index (χ2n) is 4.95. The molecule has 3 N–H and O–H groups in total. The van der Waals surface area contributed by atoms with E-state index < -0.39 is 5.97 Å². The molecule has 22 heavy (non-hydrogen) atoms. The molecule has 3 rings (SSSR count). The second kappa shape index (κ2) is 5.91. The largest absolute Gasteiger partial charge is 0.489 e. The summed E-state index contributed by atoms with van der Waals surface area (Å²) in [7, 11) is 0. The van der Waals surface area contributed by atoms with Crippen LogP contribution in [0.2, 0.25) is 0 Å². The third-order valence-electron chi connectivity index (χ3n) is 3.51. The molecule has 0 unspecified atom stereocenters. The fourth-order valence-electron chi connectivity index (χ4n) is 2.33. The number of aliphatic hydroxyl groups is 1. The molecule has 112 valence electrons. The van der Waals surface area contributed by atoms with Crippen LogP contribution in [0.1, 0.15) is 21.6 Å². The molecule has 3 aromatic rings. The minimum Gasteiger partial charge on any atom is -0.489 e. The lowest BCUT2D eigenvalue weighted by atomic mass is 10.1. The number of rotatable bonds is 5. The van der Waals surface area contributed by atoms with E-state index in [1.807, 2.05) is 24.3 Å². The van der Waals surface area contributed by atoms with Crippen LogP contribution in [-0.2, 0) is 13.2 Å². The van der Waals surface area contributed by atoms with Crippen molar-refractivity contribution in [2.75, 3.05) is 0 Å². The van der Waals surface area contributed by atoms with Crippen molar-refractivity contribution in [3.8, 4) is 5.75 Å².